The molecule has 0 radical (unpaired) electrons. The Morgan fingerprint density at radius 3 is 2.72 bits per heavy atom. The van der Waals surface area contributed by atoms with Gasteiger partial charge in [-0.05, 0) is 6.07 Å². The monoisotopic (exact) mass is 267 g/mol. The minimum Gasteiger partial charge on any atom is -0.478 e. The molecular weight excluding hydrogens is 262 g/mol. The number of non-ortho nitro benzene ring substituents is 1. The van der Waals surface area contributed by atoms with E-state index >= 15 is 0 Å². The summed E-state index contributed by atoms with van der Waals surface area (Å²) < 4.78 is 1.18. The maximum atomic E-state index is 11.0. The lowest BCUT2D eigenvalue weighted by molar-refractivity contribution is -0.384. The molecule has 0 spiro atoms. The van der Waals surface area contributed by atoms with Crippen LogP contribution in [0.1, 0.15) is 10.4 Å². The van der Waals surface area contributed by atoms with Crippen molar-refractivity contribution in [2.24, 2.45) is 0 Å². The first-order chi connectivity index (χ1) is 8.49. The summed E-state index contributed by atoms with van der Waals surface area (Å²) in [5.41, 5.74) is -0.231. The van der Waals surface area contributed by atoms with Gasteiger partial charge < -0.3 is 5.11 Å². The summed E-state index contributed by atoms with van der Waals surface area (Å²) in [6, 6.07) is 3.41. The third kappa shape index (κ3) is 2.16. The fraction of sp³-hybridized carbons (Fsp3) is 0. The number of nitrogens with zero attached hydrogens (tertiary/aromatic N) is 3. The Kier molecular flexibility index (Phi) is 2.99. The highest BCUT2D eigenvalue weighted by Gasteiger charge is 2.17. The largest absolute Gasteiger partial charge is 0.478 e. The zero-order valence-corrected chi connectivity index (χ0v) is 9.53. The molecule has 8 heteroatoms. The molecule has 7 nitrogen and oxygen atoms in total. The molecule has 0 unspecified atom stereocenters. The van der Waals surface area contributed by atoms with Gasteiger partial charge in [-0.3, -0.25) is 10.1 Å². The molecule has 1 aromatic carbocycles. The molecule has 92 valence electrons. The summed E-state index contributed by atoms with van der Waals surface area (Å²) in [5, 5.41) is 23.8. The zero-order chi connectivity index (χ0) is 13.3. The molecule has 0 fully saturated rings. The summed E-state index contributed by atoms with van der Waals surface area (Å²) in [5.74, 6) is -1.20. The Bertz CT molecular complexity index is 638. The van der Waals surface area contributed by atoms with E-state index in [9.17, 15) is 14.9 Å². The van der Waals surface area contributed by atoms with Crippen LogP contribution in [0, 0.1) is 10.1 Å². The van der Waals surface area contributed by atoms with Crippen LogP contribution in [0.15, 0.2) is 30.6 Å². The lowest BCUT2D eigenvalue weighted by Crippen LogP contribution is -2.06. The predicted octanol–water partition coefficient (Wildman–Crippen LogP) is 2.13. The van der Waals surface area contributed by atoms with E-state index in [1.165, 1.54) is 17.1 Å². The summed E-state index contributed by atoms with van der Waals surface area (Å²) in [4.78, 5) is 21.1. The van der Waals surface area contributed by atoms with Crippen LogP contribution in [0.25, 0.3) is 5.69 Å². The number of rotatable bonds is 3. The van der Waals surface area contributed by atoms with E-state index in [1.807, 2.05) is 0 Å². The second-order valence-electron chi connectivity index (χ2n) is 3.37. The molecule has 2 aromatic rings. The number of hydrogen-bond donors (Lipinski definition) is 1. The summed E-state index contributed by atoms with van der Waals surface area (Å²) in [6.45, 7) is 0. The van der Waals surface area contributed by atoms with Gasteiger partial charge in [-0.1, -0.05) is 11.6 Å². The minimum absolute atomic E-state index is 0.0867. The van der Waals surface area contributed by atoms with Crippen molar-refractivity contribution in [3.8, 4) is 5.69 Å². The molecule has 0 saturated heterocycles. The first kappa shape index (κ1) is 12.1. The summed E-state index contributed by atoms with van der Waals surface area (Å²) >= 11 is 5.68. The van der Waals surface area contributed by atoms with Gasteiger partial charge >= 0.3 is 5.97 Å². The van der Waals surface area contributed by atoms with Gasteiger partial charge in [0.1, 0.15) is 0 Å². The smallest absolute Gasteiger partial charge is 0.337 e. The van der Waals surface area contributed by atoms with Crippen molar-refractivity contribution in [2.45, 2.75) is 0 Å². The third-order valence-corrected chi connectivity index (χ3v) is 2.42. The molecule has 0 amide bonds. The number of carbonyl (C=O) groups is 1. The van der Waals surface area contributed by atoms with E-state index in [2.05, 4.69) is 5.10 Å². The lowest BCUT2D eigenvalue weighted by Gasteiger charge is -2.05. The van der Waals surface area contributed by atoms with Gasteiger partial charge in [-0.25, -0.2) is 9.48 Å². The van der Waals surface area contributed by atoms with Crippen LogP contribution in [-0.4, -0.2) is 25.8 Å². The van der Waals surface area contributed by atoms with Crippen molar-refractivity contribution < 1.29 is 14.8 Å². The second kappa shape index (κ2) is 4.46. The van der Waals surface area contributed by atoms with Crippen LogP contribution in [0.5, 0.6) is 0 Å². The van der Waals surface area contributed by atoms with E-state index in [0.29, 0.717) is 5.02 Å². The fourth-order valence-corrected chi connectivity index (χ4v) is 1.57. The average Bonchev–Trinajstić information content (AvgIpc) is 2.74. The van der Waals surface area contributed by atoms with Gasteiger partial charge in [0.05, 0.1) is 27.4 Å². The molecule has 0 bridgehead atoms. The normalized spacial score (nSPS) is 10.3. The van der Waals surface area contributed by atoms with Crippen molar-refractivity contribution in [2.75, 3.05) is 0 Å². The van der Waals surface area contributed by atoms with Crippen molar-refractivity contribution in [3.63, 3.8) is 0 Å². The Hall–Kier alpha value is -2.41. The first-order valence-corrected chi connectivity index (χ1v) is 5.09. The topological polar surface area (TPSA) is 98.3 Å². The molecule has 0 aliphatic carbocycles. The van der Waals surface area contributed by atoms with Gasteiger partial charge in [-0.15, -0.1) is 0 Å². The number of carboxylic acid groups (broad SMARTS) is 1. The lowest BCUT2D eigenvalue weighted by atomic mass is 10.1. The molecule has 18 heavy (non-hydrogen) atoms. The Morgan fingerprint density at radius 2 is 2.22 bits per heavy atom. The highest BCUT2D eigenvalue weighted by atomic mass is 35.5. The van der Waals surface area contributed by atoms with Crippen molar-refractivity contribution in [1.29, 1.82) is 0 Å². The number of hydrogen-bond acceptors (Lipinski definition) is 4. The van der Waals surface area contributed by atoms with E-state index < -0.39 is 10.9 Å². The molecule has 0 aliphatic heterocycles. The number of nitro groups is 1. The third-order valence-electron chi connectivity index (χ3n) is 2.22. The van der Waals surface area contributed by atoms with Crippen molar-refractivity contribution in [1.82, 2.24) is 9.78 Å². The van der Waals surface area contributed by atoms with E-state index in [0.717, 1.165) is 18.2 Å². The number of aromatic carboxylic acids is 1. The summed E-state index contributed by atoms with van der Waals surface area (Å²) in [6.07, 6.45) is 2.68. The van der Waals surface area contributed by atoms with Crippen LogP contribution in [0.4, 0.5) is 5.69 Å². The Morgan fingerprint density at radius 1 is 1.50 bits per heavy atom. The van der Waals surface area contributed by atoms with Gasteiger partial charge in [0.25, 0.3) is 5.69 Å². The maximum absolute atomic E-state index is 11.0. The van der Waals surface area contributed by atoms with Crippen LogP contribution >= 0.6 is 11.6 Å². The van der Waals surface area contributed by atoms with Gasteiger partial charge in [0, 0.05) is 18.3 Å². The highest BCUT2D eigenvalue weighted by Crippen LogP contribution is 2.22. The number of nitro benzene ring substituents is 1. The standard InChI is InChI=1S/C10H6ClN3O4/c11-6-4-12-13(5-6)9-3-7(14(17)18)1-2-8(9)10(15)16/h1-5H,(H,15,16). The SMILES string of the molecule is O=C(O)c1ccc([N+](=O)[O-])cc1-n1cc(Cl)cn1. The molecule has 0 aliphatic rings. The van der Waals surface area contributed by atoms with E-state index in [-0.39, 0.29) is 16.9 Å². The van der Waals surface area contributed by atoms with Crippen LogP contribution in [0.3, 0.4) is 0 Å². The average molecular weight is 268 g/mol. The molecule has 1 heterocycles. The van der Waals surface area contributed by atoms with Gasteiger partial charge in [0.2, 0.25) is 0 Å². The predicted molar refractivity (Wildman–Crippen MR) is 62.2 cm³/mol. The summed E-state index contributed by atoms with van der Waals surface area (Å²) in [7, 11) is 0. The Labute approximate surface area is 105 Å². The number of aromatic nitrogens is 2. The fourth-order valence-electron chi connectivity index (χ4n) is 1.44. The van der Waals surface area contributed by atoms with E-state index in [1.54, 1.807) is 0 Å². The van der Waals surface area contributed by atoms with Crippen LogP contribution in [-0.2, 0) is 0 Å². The second-order valence-corrected chi connectivity index (χ2v) is 3.80. The van der Waals surface area contributed by atoms with Crippen LogP contribution < -0.4 is 0 Å². The van der Waals surface area contributed by atoms with Crippen molar-refractivity contribution in [3.05, 3.63) is 51.3 Å². The minimum atomic E-state index is -1.20. The zero-order valence-electron chi connectivity index (χ0n) is 8.78. The molecule has 1 aromatic heterocycles. The van der Waals surface area contributed by atoms with Crippen LogP contribution in [0.2, 0.25) is 5.02 Å². The Balaban J connectivity index is 2.64. The van der Waals surface area contributed by atoms with Gasteiger partial charge in [0.15, 0.2) is 0 Å². The molecule has 2 rings (SSSR count). The molecule has 0 atom stereocenters. The quantitative estimate of drug-likeness (QED) is 0.678. The number of carboxylic acids is 1. The molecule has 1 N–H and O–H groups in total. The molecule has 0 saturated carbocycles. The molecular formula is C10H6ClN3O4. The van der Waals surface area contributed by atoms with E-state index in [4.69, 9.17) is 16.7 Å². The number of benzene rings is 1. The van der Waals surface area contributed by atoms with Crippen molar-refractivity contribution >= 4 is 23.3 Å². The highest BCUT2D eigenvalue weighted by molar-refractivity contribution is 6.30. The number of halogens is 1. The first-order valence-electron chi connectivity index (χ1n) is 4.71. The van der Waals surface area contributed by atoms with Gasteiger partial charge in [-0.2, -0.15) is 5.10 Å². The maximum Gasteiger partial charge on any atom is 0.337 e.